The van der Waals surface area contributed by atoms with Crippen molar-refractivity contribution >= 4 is 21.9 Å². The number of hydrogen-bond donors (Lipinski definition) is 0. The Morgan fingerprint density at radius 1 is 0.750 bits per heavy atom. The average molecular weight is 270 g/mol. The Morgan fingerprint density at radius 2 is 1.35 bits per heavy atom. The minimum atomic E-state index is 0.554. The van der Waals surface area contributed by atoms with Crippen molar-refractivity contribution in [1.29, 1.82) is 0 Å². The lowest BCUT2D eigenvalue weighted by atomic mass is 10.0. The highest BCUT2D eigenvalue weighted by atomic mass is 16.3. The first-order valence-electron chi connectivity index (χ1n) is 7.67. The first-order chi connectivity index (χ1) is 9.75. The fourth-order valence-corrected chi connectivity index (χ4v) is 2.10. The first-order valence-corrected chi connectivity index (χ1v) is 7.67. The largest absolute Gasteiger partial charge is 0.456 e. The van der Waals surface area contributed by atoms with Crippen molar-refractivity contribution in [3.8, 4) is 0 Å². The van der Waals surface area contributed by atoms with Gasteiger partial charge in [0, 0.05) is 10.8 Å². The fourth-order valence-electron chi connectivity index (χ4n) is 2.10. The number of fused-ring (bicyclic) bond motifs is 3. The van der Waals surface area contributed by atoms with Crippen molar-refractivity contribution in [2.24, 2.45) is 0 Å². The van der Waals surface area contributed by atoms with Crippen LogP contribution in [-0.4, -0.2) is 0 Å². The van der Waals surface area contributed by atoms with Crippen LogP contribution in [0.25, 0.3) is 21.9 Å². The van der Waals surface area contributed by atoms with Gasteiger partial charge in [-0.3, -0.25) is 0 Å². The van der Waals surface area contributed by atoms with Crippen LogP contribution in [0, 0.1) is 0 Å². The molecular weight excluding hydrogens is 244 g/mol. The zero-order valence-corrected chi connectivity index (χ0v) is 13.5. The van der Waals surface area contributed by atoms with Crippen molar-refractivity contribution in [3.63, 3.8) is 0 Å². The number of benzene rings is 2. The van der Waals surface area contributed by atoms with Gasteiger partial charge in [0.15, 0.2) is 0 Å². The second-order valence-corrected chi connectivity index (χ2v) is 4.51. The molecule has 0 saturated heterocycles. The molecule has 0 bridgehead atoms. The molecular formula is C19H26O. The molecule has 108 valence electrons. The van der Waals surface area contributed by atoms with Crippen LogP contribution in [0.2, 0.25) is 0 Å². The lowest BCUT2D eigenvalue weighted by Crippen LogP contribution is -1.85. The van der Waals surface area contributed by atoms with Crippen molar-refractivity contribution in [2.75, 3.05) is 0 Å². The number of hydrogen-bond acceptors (Lipinski definition) is 1. The molecule has 3 rings (SSSR count). The van der Waals surface area contributed by atoms with E-state index in [1.807, 2.05) is 39.8 Å². The van der Waals surface area contributed by atoms with Gasteiger partial charge in [0.2, 0.25) is 0 Å². The molecule has 2 aromatic carbocycles. The molecule has 0 aliphatic carbocycles. The summed E-state index contributed by atoms with van der Waals surface area (Å²) in [6, 6.07) is 14.7. The third-order valence-corrected chi connectivity index (χ3v) is 3.07. The van der Waals surface area contributed by atoms with Gasteiger partial charge in [0.05, 0.1) is 0 Å². The summed E-state index contributed by atoms with van der Waals surface area (Å²) in [5.74, 6) is 0.554. The van der Waals surface area contributed by atoms with Gasteiger partial charge in [-0.25, -0.2) is 0 Å². The predicted octanol–water partition coefficient (Wildman–Crippen LogP) is 6.76. The maximum atomic E-state index is 5.79. The summed E-state index contributed by atoms with van der Waals surface area (Å²) in [6.07, 6.45) is 0. The summed E-state index contributed by atoms with van der Waals surface area (Å²) < 4.78 is 5.79. The second-order valence-electron chi connectivity index (χ2n) is 4.51. The highest BCUT2D eigenvalue weighted by molar-refractivity contribution is 6.04. The van der Waals surface area contributed by atoms with Crippen LogP contribution in [0.4, 0.5) is 0 Å². The minimum Gasteiger partial charge on any atom is -0.456 e. The molecule has 1 heterocycles. The molecule has 0 spiro atoms. The standard InChI is InChI=1S/C15H14O.2C2H6/c1-10(2)11-7-8-15-13(9-11)12-5-3-4-6-14(12)16-15;2*1-2/h3-10H,1-2H3;2*1-2H3. The summed E-state index contributed by atoms with van der Waals surface area (Å²) >= 11 is 0. The van der Waals surface area contributed by atoms with E-state index in [9.17, 15) is 0 Å². The zero-order valence-electron chi connectivity index (χ0n) is 13.5. The van der Waals surface area contributed by atoms with E-state index >= 15 is 0 Å². The summed E-state index contributed by atoms with van der Waals surface area (Å²) in [5.41, 5.74) is 3.31. The maximum absolute atomic E-state index is 5.79. The predicted molar refractivity (Wildman–Crippen MR) is 90.5 cm³/mol. The molecule has 0 unspecified atom stereocenters. The Morgan fingerprint density at radius 3 is 2.00 bits per heavy atom. The Hall–Kier alpha value is -1.76. The SMILES string of the molecule is CC.CC.CC(C)c1ccc2oc3ccccc3c2c1. The van der Waals surface area contributed by atoms with Crippen molar-refractivity contribution in [3.05, 3.63) is 48.0 Å². The zero-order chi connectivity index (χ0) is 15.1. The molecule has 0 fully saturated rings. The van der Waals surface area contributed by atoms with E-state index in [2.05, 4.69) is 44.2 Å². The van der Waals surface area contributed by atoms with E-state index in [-0.39, 0.29) is 0 Å². The molecule has 3 aromatic rings. The van der Waals surface area contributed by atoms with Gasteiger partial charge in [-0.15, -0.1) is 0 Å². The second kappa shape index (κ2) is 7.74. The van der Waals surface area contributed by atoms with Crippen LogP contribution in [0.15, 0.2) is 46.9 Å². The molecule has 1 heteroatoms. The number of furan rings is 1. The van der Waals surface area contributed by atoms with E-state index in [4.69, 9.17) is 4.42 Å². The van der Waals surface area contributed by atoms with Crippen molar-refractivity contribution in [1.82, 2.24) is 0 Å². The average Bonchev–Trinajstić information content (AvgIpc) is 2.89. The van der Waals surface area contributed by atoms with Crippen molar-refractivity contribution in [2.45, 2.75) is 47.5 Å². The fraction of sp³-hybridized carbons (Fsp3) is 0.368. The minimum absolute atomic E-state index is 0.554. The van der Waals surface area contributed by atoms with Crippen LogP contribution in [0.1, 0.15) is 53.0 Å². The monoisotopic (exact) mass is 270 g/mol. The van der Waals surface area contributed by atoms with E-state index < -0.39 is 0 Å². The van der Waals surface area contributed by atoms with Crippen molar-refractivity contribution < 1.29 is 4.42 Å². The molecule has 0 saturated carbocycles. The molecule has 0 amide bonds. The lowest BCUT2D eigenvalue weighted by molar-refractivity contribution is 0.668. The highest BCUT2D eigenvalue weighted by Crippen LogP contribution is 2.30. The normalized spacial score (nSPS) is 9.95. The van der Waals surface area contributed by atoms with Gasteiger partial charge >= 0.3 is 0 Å². The molecule has 0 N–H and O–H groups in total. The van der Waals surface area contributed by atoms with E-state index in [0.29, 0.717) is 5.92 Å². The third kappa shape index (κ3) is 3.22. The van der Waals surface area contributed by atoms with Crippen LogP contribution in [-0.2, 0) is 0 Å². The summed E-state index contributed by atoms with van der Waals surface area (Å²) in [7, 11) is 0. The molecule has 0 radical (unpaired) electrons. The maximum Gasteiger partial charge on any atom is 0.135 e. The smallest absolute Gasteiger partial charge is 0.135 e. The van der Waals surface area contributed by atoms with Gasteiger partial charge in [-0.2, -0.15) is 0 Å². The topological polar surface area (TPSA) is 13.1 Å². The Labute approximate surface area is 122 Å². The molecule has 0 atom stereocenters. The Balaban J connectivity index is 0.000000461. The number of para-hydroxylation sites is 1. The molecule has 0 aliphatic rings. The van der Waals surface area contributed by atoms with Gasteiger partial charge in [-0.05, 0) is 29.7 Å². The Kier molecular flexibility index (Phi) is 6.30. The van der Waals surface area contributed by atoms with Crippen LogP contribution in [0.3, 0.4) is 0 Å². The lowest BCUT2D eigenvalue weighted by Gasteiger charge is -2.03. The molecule has 1 nitrogen and oxygen atoms in total. The van der Waals surface area contributed by atoms with E-state index in [1.165, 1.54) is 16.3 Å². The Bertz CT molecular complexity index is 647. The van der Waals surface area contributed by atoms with E-state index in [0.717, 1.165) is 11.2 Å². The summed E-state index contributed by atoms with van der Waals surface area (Å²) in [5, 5.41) is 2.43. The molecule has 0 aliphatic heterocycles. The first kappa shape index (κ1) is 16.3. The molecule has 20 heavy (non-hydrogen) atoms. The van der Waals surface area contributed by atoms with Gasteiger partial charge in [0.25, 0.3) is 0 Å². The van der Waals surface area contributed by atoms with Crippen LogP contribution >= 0.6 is 0 Å². The van der Waals surface area contributed by atoms with E-state index in [1.54, 1.807) is 0 Å². The molecule has 1 aromatic heterocycles. The van der Waals surface area contributed by atoms with Gasteiger partial charge in [-0.1, -0.05) is 65.8 Å². The third-order valence-electron chi connectivity index (χ3n) is 3.07. The van der Waals surface area contributed by atoms with Gasteiger partial charge < -0.3 is 4.42 Å². The quantitative estimate of drug-likeness (QED) is 0.476. The highest BCUT2D eigenvalue weighted by Gasteiger charge is 2.07. The van der Waals surface area contributed by atoms with Gasteiger partial charge in [0.1, 0.15) is 11.2 Å². The van der Waals surface area contributed by atoms with Crippen LogP contribution in [0.5, 0.6) is 0 Å². The summed E-state index contributed by atoms with van der Waals surface area (Å²) in [4.78, 5) is 0. The van der Waals surface area contributed by atoms with Crippen LogP contribution < -0.4 is 0 Å². The number of rotatable bonds is 1. The summed E-state index contributed by atoms with van der Waals surface area (Å²) in [6.45, 7) is 12.4.